The van der Waals surface area contributed by atoms with Crippen molar-refractivity contribution in [2.75, 3.05) is 6.61 Å². The van der Waals surface area contributed by atoms with Crippen molar-refractivity contribution in [2.24, 2.45) is 0 Å². The summed E-state index contributed by atoms with van der Waals surface area (Å²) in [6, 6.07) is 0. The van der Waals surface area contributed by atoms with Crippen molar-refractivity contribution < 1.29 is 4.74 Å². The molecule has 1 nitrogen and oxygen atoms in total. The maximum atomic E-state index is 5.58. The predicted molar refractivity (Wildman–Crippen MR) is 41.4 cm³/mol. The van der Waals surface area contributed by atoms with Gasteiger partial charge in [-0.05, 0) is 19.3 Å². The second-order valence-electron chi connectivity index (χ2n) is 3.15. The first-order chi connectivity index (χ1) is 4.27. The Labute approximate surface area is 58.2 Å². The van der Waals surface area contributed by atoms with E-state index in [9.17, 15) is 0 Å². The molecule has 0 aromatic rings. The Hall–Kier alpha value is 0.0249. The first-order valence-corrected chi connectivity index (χ1v) is 3.91. The Bertz CT molecular complexity index is 86.9. The molecule has 1 fully saturated rings. The van der Waals surface area contributed by atoms with Gasteiger partial charge in [-0.25, -0.2) is 0 Å². The lowest BCUT2D eigenvalue weighted by molar-refractivity contribution is 0.0668. The maximum Gasteiger partial charge on any atom is 0.143 e. The van der Waals surface area contributed by atoms with Crippen LogP contribution in [0.25, 0.3) is 0 Å². The van der Waals surface area contributed by atoms with E-state index in [1.807, 2.05) is 0 Å². The van der Waals surface area contributed by atoms with Gasteiger partial charge >= 0.3 is 0 Å². The number of hydrogen-bond acceptors (Lipinski definition) is 1. The second-order valence-corrected chi connectivity index (χ2v) is 3.15. The Balaban J connectivity index is 2.32. The van der Waals surface area contributed by atoms with E-state index in [1.165, 1.54) is 25.7 Å². The van der Waals surface area contributed by atoms with E-state index < -0.39 is 0 Å². The summed E-state index contributed by atoms with van der Waals surface area (Å²) >= 11 is 0. The van der Waals surface area contributed by atoms with E-state index >= 15 is 0 Å². The van der Waals surface area contributed by atoms with Crippen molar-refractivity contribution in [2.45, 2.75) is 38.1 Å². The van der Waals surface area contributed by atoms with Crippen LogP contribution in [0.5, 0.6) is 0 Å². The monoisotopic (exact) mass is 126 g/mol. The van der Waals surface area contributed by atoms with Gasteiger partial charge in [0, 0.05) is 12.1 Å². The van der Waals surface area contributed by atoms with E-state index in [-0.39, 0.29) is 5.50 Å². The van der Waals surface area contributed by atoms with Crippen molar-refractivity contribution >= 4 is 7.85 Å². The lowest BCUT2D eigenvalue weighted by atomic mass is 9.76. The van der Waals surface area contributed by atoms with E-state index in [1.54, 1.807) is 0 Å². The van der Waals surface area contributed by atoms with Crippen molar-refractivity contribution in [3.8, 4) is 0 Å². The van der Waals surface area contributed by atoms with Gasteiger partial charge in [-0.1, -0.05) is 13.3 Å². The lowest BCUT2D eigenvalue weighted by Crippen LogP contribution is -2.27. The summed E-state index contributed by atoms with van der Waals surface area (Å²) < 4.78 is 5.58. The zero-order valence-electron chi connectivity index (χ0n) is 6.44. The summed E-state index contributed by atoms with van der Waals surface area (Å²) in [6.07, 6.45) is 5.00. The molecule has 9 heavy (non-hydrogen) atoms. The molecule has 2 heteroatoms. The molecule has 1 aliphatic heterocycles. The fourth-order valence-electron chi connectivity index (χ4n) is 1.56. The van der Waals surface area contributed by atoms with E-state index in [0.29, 0.717) is 0 Å². The molecule has 0 N–H and O–H groups in total. The highest BCUT2D eigenvalue weighted by Crippen LogP contribution is 2.26. The van der Waals surface area contributed by atoms with Crippen molar-refractivity contribution in [3.05, 3.63) is 0 Å². The molecule has 52 valence electrons. The van der Waals surface area contributed by atoms with E-state index in [0.717, 1.165) is 6.61 Å². The highest BCUT2D eigenvalue weighted by molar-refractivity contribution is 6.14. The number of ether oxygens (including phenoxy) is 1. The van der Waals surface area contributed by atoms with Crippen LogP contribution in [0.3, 0.4) is 0 Å². The average Bonchev–Trinajstić information content (AvgIpc) is 2.16. The molecule has 0 radical (unpaired) electrons. The van der Waals surface area contributed by atoms with Crippen molar-refractivity contribution in [3.63, 3.8) is 0 Å². The summed E-state index contributed by atoms with van der Waals surface area (Å²) in [6.45, 7) is 3.20. The fourth-order valence-corrected chi connectivity index (χ4v) is 1.56. The maximum absolute atomic E-state index is 5.58. The first-order valence-electron chi connectivity index (χ1n) is 3.91. The molecule has 0 unspecified atom stereocenters. The third kappa shape index (κ3) is 1.72. The zero-order valence-corrected chi connectivity index (χ0v) is 6.44. The van der Waals surface area contributed by atoms with Gasteiger partial charge in [0.25, 0.3) is 0 Å². The average molecular weight is 126 g/mol. The van der Waals surface area contributed by atoms with Crippen LogP contribution in [0.15, 0.2) is 0 Å². The molecule has 0 spiro atoms. The molecule has 0 saturated carbocycles. The van der Waals surface area contributed by atoms with Crippen LogP contribution in [-0.2, 0) is 4.74 Å². The fraction of sp³-hybridized carbons (Fsp3) is 1.00. The number of rotatable bonds is 2. The molecule has 1 saturated heterocycles. The summed E-state index contributed by atoms with van der Waals surface area (Å²) in [4.78, 5) is 0. The van der Waals surface area contributed by atoms with Gasteiger partial charge in [0.2, 0.25) is 0 Å². The normalized spacial score (nSPS) is 35.2. The predicted octanol–water partition coefficient (Wildman–Crippen LogP) is 0.926. The minimum absolute atomic E-state index is 0.245. The van der Waals surface area contributed by atoms with Gasteiger partial charge in [0.1, 0.15) is 7.85 Å². The van der Waals surface area contributed by atoms with Crippen LogP contribution in [0.1, 0.15) is 32.6 Å². The lowest BCUT2D eigenvalue weighted by Gasteiger charge is -2.21. The Morgan fingerprint density at radius 3 is 2.89 bits per heavy atom. The molecular formula is C7H15BO. The third-order valence-corrected chi connectivity index (χ3v) is 2.08. The van der Waals surface area contributed by atoms with Crippen LogP contribution < -0.4 is 0 Å². The van der Waals surface area contributed by atoms with Crippen LogP contribution in [0, 0.1) is 0 Å². The van der Waals surface area contributed by atoms with Gasteiger partial charge in [-0.3, -0.25) is 0 Å². The van der Waals surface area contributed by atoms with E-state index in [4.69, 9.17) is 4.74 Å². The minimum Gasteiger partial charge on any atom is -0.384 e. The second kappa shape index (κ2) is 2.74. The van der Waals surface area contributed by atoms with Gasteiger partial charge < -0.3 is 4.74 Å². The summed E-state index contributed by atoms with van der Waals surface area (Å²) in [5.41, 5.74) is 0.245. The van der Waals surface area contributed by atoms with Gasteiger partial charge in [-0.2, -0.15) is 0 Å². The summed E-state index contributed by atoms with van der Waals surface area (Å²) in [7, 11) is 2.23. The molecule has 1 rings (SSSR count). The quantitative estimate of drug-likeness (QED) is 0.500. The molecule has 1 aliphatic rings. The molecule has 1 heterocycles. The van der Waals surface area contributed by atoms with Gasteiger partial charge in [0.05, 0.1) is 0 Å². The highest BCUT2D eigenvalue weighted by Gasteiger charge is 2.27. The molecule has 0 aromatic carbocycles. The van der Waals surface area contributed by atoms with Crippen LogP contribution in [0.2, 0.25) is 0 Å². The Kier molecular flexibility index (Phi) is 2.17. The molecule has 0 bridgehead atoms. The summed E-state index contributed by atoms with van der Waals surface area (Å²) in [5.74, 6) is 0. The standard InChI is InChI=1S/C7H15BO/c1-2-4-7(8)5-3-6-9-7/h2-6,8H2,1H3/t7-/m1/s1. The largest absolute Gasteiger partial charge is 0.384 e. The van der Waals surface area contributed by atoms with Crippen molar-refractivity contribution in [1.29, 1.82) is 0 Å². The molecule has 0 aromatic heterocycles. The molecular weight excluding hydrogens is 111 g/mol. The number of hydrogen-bond donors (Lipinski definition) is 0. The highest BCUT2D eigenvalue weighted by atomic mass is 16.5. The van der Waals surface area contributed by atoms with Crippen molar-refractivity contribution in [1.82, 2.24) is 0 Å². The summed E-state index contributed by atoms with van der Waals surface area (Å²) in [5, 5.41) is 0. The molecule has 0 amide bonds. The Morgan fingerprint density at radius 1 is 1.67 bits per heavy atom. The van der Waals surface area contributed by atoms with Crippen LogP contribution in [-0.4, -0.2) is 20.0 Å². The Morgan fingerprint density at radius 2 is 2.44 bits per heavy atom. The van der Waals surface area contributed by atoms with Crippen LogP contribution in [0.4, 0.5) is 0 Å². The first kappa shape index (κ1) is 7.14. The third-order valence-electron chi connectivity index (χ3n) is 2.08. The topological polar surface area (TPSA) is 9.23 Å². The van der Waals surface area contributed by atoms with Gasteiger partial charge in [0.15, 0.2) is 0 Å². The minimum atomic E-state index is 0.245. The SMILES string of the molecule is B[C@@]1(CCC)CCCO1. The van der Waals surface area contributed by atoms with E-state index in [2.05, 4.69) is 14.8 Å². The molecule has 1 atom stereocenters. The molecule has 0 aliphatic carbocycles. The van der Waals surface area contributed by atoms with Gasteiger partial charge in [-0.15, -0.1) is 0 Å². The zero-order chi connectivity index (χ0) is 6.74. The smallest absolute Gasteiger partial charge is 0.143 e. The van der Waals surface area contributed by atoms with Crippen LogP contribution >= 0.6 is 0 Å².